The van der Waals surface area contributed by atoms with E-state index in [0.29, 0.717) is 26.2 Å². The quantitative estimate of drug-likeness (QED) is 0.811. The van der Waals surface area contributed by atoms with Crippen LogP contribution in [-0.2, 0) is 9.53 Å². The molecule has 0 atom stereocenters. The largest absolute Gasteiger partial charge is 0.444 e. The summed E-state index contributed by atoms with van der Waals surface area (Å²) in [4.78, 5) is 29.2. The zero-order valence-corrected chi connectivity index (χ0v) is 16.8. The zero-order valence-electron chi connectivity index (χ0n) is 16.8. The molecule has 2 aromatic carbocycles. The maximum absolute atomic E-state index is 13.4. The number of hydrogen-bond donors (Lipinski definition) is 0. The van der Waals surface area contributed by atoms with Crippen molar-refractivity contribution in [1.29, 1.82) is 0 Å². The molecule has 0 aliphatic carbocycles. The van der Waals surface area contributed by atoms with E-state index in [4.69, 9.17) is 4.74 Å². The van der Waals surface area contributed by atoms with Gasteiger partial charge in [-0.15, -0.1) is 0 Å². The highest BCUT2D eigenvalue weighted by molar-refractivity contribution is 5.87. The van der Waals surface area contributed by atoms with Gasteiger partial charge in [0.15, 0.2) is 0 Å². The van der Waals surface area contributed by atoms with Gasteiger partial charge < -0.3 is 14.5 Å². The molecule has 1 aliphatic heterocycles. The molecule has 1 aliphatic rings. The van der Waals surface area contributed by atoms with Crippen LogP contribution in [0.4, 0.5) is 4.79 Å². The maximum atomic E-state index is 13.4. The number of piperazine rings is 1. The lowest BCUT2D eigenvalue weighted by Crippen LogP contribution is -2.52. The normalized spacial score (nSPS) is 14.9. The number of amides is 2. The number of carbonyl (C=O) groups excluding carboxylic acids is 2. The molecule has 0 spiro atoms. The fourth-order valence-electron chi connectivity index (χ4n) is 3.39. The summed E-state index contributed by atoms with van der Waals surface area (Å²) in [6.07, 6.45) is -0.317. The summed E-state index contributed by atoms with van der Waals surface area (Å²) in [7, 11) is 0. The summed E-state index contributed by atoms with van der Waals surface area (Å²) in [6, 6.07) is 19.7. The molecule has 1 fully saturated rings. The predicted octanol–water partition coefficient (Wildman–Crippen LogP) is 3.90. The van der Waals surface area contributed by atoms with Crippen molar-refractivity contribution in [3.05, 3.63) is 71.8 Å². The van der Waals surface area contributed by atoms with Crippen molar-refractivity contribution in [2.24, 2.45) is 0 Å². The monoisotopic (exact) mass is 380 g/mol. The highest BCUT2D eigenvalue weighted by Crippen LogP contribution is 2.27. The van der Waals surface area contributed by atoms with Gasteiger partial charge in [0.25, 0.3) is 0 Å². The molecule has 2 aromatic rings. The molecule has 2 amide bonds. The van der Waals surface area contributed by atoms with Crippen molar-refractivity contribution in [3.63, 3.8) is 0 Å². The number of rotatable bonds is 3. The second-order valence-corrected chi connectivity index (χ2v) is 8.05. The van der Waals surface area contributed by atoms with E-state index in [-0.39, 0.29) is 17.9 Å². The first kappa shape index (κ1) is 19.9. The summed E-state index contributed by atoms with van der Waals surface area (Å²) in [5, 5.41) is 0. The SMILES string of the molecule is CC(C)(C)OC(=O)N1CCN(C(=O)C(c2ccccc2)c2ccccc2)CC1. The van der Waals surface area contributed by atoms with E-state index >= 15 is 0 Å². The van der Waals surface area contributed by atoms with Gasteiger partial charge >= 0.3 is 6.09 Å². The predicted molar refractivity (Wildman–Crippen MR) is 109 cm³/mol. The van der Waals surface area contributed by atoms with Crippen LogP contribution >= 0.6 is 0 Å². The van der Waals surface area contributed by atoms with Crippen molar-refractivity contribution in [2.75, 3.05) is 26.2 Å². The third-order valence-electron chi connectivity index (χ3n) is 4.76. The zero-order chi connectivity index (χ0) is 20.1. The number of benzene rings is 2. The lowest BCUT2D eigenvalue weighted by molar-refractivity contribution is -0.133. The minimum absolute atomic E-state index is 0.0706. The summed E-state index contributed by atoms with van der Waals surface area (Å²) < 4.78 is 5.44. The fraction of sp³-hybridized carbons (Fsp3) is 0.391. The van der Waals surface area contributed by atoms with Crippen LogP contribution in [0.1, 0.15) is 37.8 Å². The second kappa shape index (κ2) is 8.46. The number of carbonyl (C=O) groups is 2. The van der Waals surface area contributed by atoms with Crippen LogP contribution in [-0.4, -0.2) is 53.6 Å². The van der Waals surface area contributed by atoms with Crippen molar-refractivity contribution >= 4 is 12.0 Å². The van der Waals surface area contributed by atoms with Crippen LogP contribution < -0.4 is 0 Å². The number of ether oxygens (including phenoxy) is 1. The molecule has 0 N–H and O–H groups in total. The molecular formula is C23H28N2O3. The van der Waals surface area contributed by atoms with Crippen molar-refractivity contribution in [2.45, 2.75) is 32.3 Å². The van der Waals surface area contributed by atoms with Crippen molar-refractivity contribution in [1.82, 2.24) is 9.80 Å². The third-order valence-corrected chi connectivity index (χ3v) is 4.76. The van der Waals surface area contributed by atoms with Gasteiger partial charge in [0.05, 0.1) is 5.92 Å². The van der Waals surface area contributed by atoms with Crippen molar-refractivity contribution in [3.8, 4) is 0 Å². The molecule has 0 bridgehead atoms. The Balaban J connectivity index is 1.72. The lowest BCUT2D eigenvalue weighted by atomic mass is 9.90. The summed E-state index contributed by atoms with van der Waals surface area (Å²) in [6.45, 7) is 7.55. The van der Waals surface area contributed by atoms with E-state index in [9.17, 15) is 9.59 Å². The van der Waals surface area contributed by atoms with Gasteiger partial charge in [-0.05, 0) is 31.9 Å². The summed E-state index contributed by atoms with van der Waals surface area (Å²) >= 11 is 0. The van der Waals surface area contributed by atoms with Crippen LogP contribution in [0.5, 0.6) is 0 Å². The average Bonchev–Trinajstić information content (AvgIpc) is 2.68. The standard InChI is InChI=1S/C23H28N2O3/c1-23(2,3)28-22(27)25-16-14-24(15-17-25)21(26)20(18-10-6-4-7-11-18)19-12-8-5-9-13-19/h4-13,20H,14-17H2,1-3H3. The van der Waals surface area contributed by atoms with Gasteiger partial charge in [-0.2, -0.15) is 0 Å². The summed E-state index contributed by atoms with van der Waals surface area (Å²) in [5.41, 5.74) is 1.44. The van der Waals surface area contributed by atoms with E-state index in [1.54, 1.807) is 4.90 Å². The van der Waals surface area contributed by atoms with Gasteiger partial charge in [-0.1, -0.05) is 60.7 Å². The Kier molecular flexibility index (Phi) is 6.02. The van der Waals surface area contributed by atoms with Gasteiger partial charge in [0.1, 0.15) is 5.60 Å². The average molecular weight is 380 g/mol. The van der Waals surface area contributed by atoms with Crippen LogP contribution in [0.2, 0.25) is 0 Å². The van der Waals surface area contributed by atoms with Gasteiger partial charge in [0, 0.05) is 26.2 Å². The molecular weight excluding hydrogens is 352 g/mol. The van der Waals surface area contributed by atoms with E-state index in [1.165, 1.54) is 0 Å². The highest BCUT2D eigenvalue weighted by Gasteiger charge is 2.32. The summed E-state index contributed by atoms with van der Waals surface area (Å²) in [5.74, 6) is -0.267. The van der Waals surface area contributed by atoms with E-state index < -0.39 is 5.60 Å². The van der Waals surface area contributed by atoms with E-state index in [2.05, 4.69) is 0 Å². The van der Waals surface area contributed by atoms with Crippen LogP contribution in [0, 0.1) is 0 Å². The molecule has 3 rings (SSSR count). The first-order chi connectivity index (χ1) is 13.3. The van der Waals surface area contributed by atoms with E-state index in [0.717, 1.165) is 11.1 Å². The molecule has 0 radical (unpaired) electrons. The maximum Gasteiger partial charge on any atom is 0.410 e. The Bertz CT molecular complexity index is 752. The number of hydrogen-bond acceptors (Lipinski definition) is 3. The molecule has 0 saturated carbocycles. The minimum atomic E-state index is -0.518. The molecule has 1 saturated heterocycles. The fourth-order valence-corrected chi connectivity index (χ4v) is 3.39. The Morgan fingerprint density at radius 2 is 1.21 bits per heavy atom. The van der Waals surface area contributed by atoms with Crippen LogP contribution in [0.3, 0.4) is 0 Å². The van der Waals surface area contributed by atoms with Gasteiger partial charge in [-0.25, -0.2) is 4.79 Å². The molecule has 0 aromatic heterocycles. The first-order valence-corrected chi connectivity index (χ1v) is 9.72. The Morgan fingerprint density at radius 3 is 1.64 bits per heavy atom. The number of nitrogens with zero attached hydrogens (tertiary/aromatic N) is 2. The van der Waals surface area contributed by atoms with E-state index in [1.807, 2.05) is 86.3 Å². The smallest absolute Gasteiger partial charge is 0.410 e. The van der Waals surface area contributed by atoms with Crippen molar-refractivity contribution < 1.29 is 14.3 Å². The second-order valence-electron chi connectivity index (χ2n) is 8.05. The molecule has 28 heavy (non-hydrogen) atoms. The molecule has 1 heterocycles. The minimum Gasteiger partial charge on any atom is -0.444 e. The first-order valence-electron chi connectivity index (χ1n) is 9.72. The van der Waals surface area contributed by atoms with Crippen LogP contribution in [0.25, 0.3) is 0 Å². The van der Waals surface area contributed by atoms with Gasteiger partial charge in [-0.3, -0.25) is 4.79 Å². The molecule has 5 nitrogen and oxygen atoms in total. The van der Waals surface area contributed by atoms with Gasteiger partial charge in [0.2, 0.25) is 5.91 Å². The Labute approximate surface area is 166 Å². The van der Waals surface area contributed by atoms with Crippen LogP contribution in [0.15, 0.2) is 60.7 Å². The third kappa shape index (κ3) is 4.91. The molecule has 5 heteroatoms. The Hall–Kier alpha value is -2.82. The highest BCUT2D eigenvalue weighted by atomic mass is 16.6. The topological polar surface area (TPSA) is 49.9 Å². The Morgan fingerprint density at radius 1 is 0.786 bits per heavy atom. The molecule has 0 unspecified atom stereocenters. The lowest BCUT2D eigenvalue weighted by Gasteiger charge is -2.37. The molecule has 148 valence electrons.